The molecule has 5 aromatic rings. The molecule has 5 aromatic carbocycles. The number of unbranched alkanes of at least 4 members (excludes halogenated alkanes) is 2. The number of esters is 2. The van der Waals surface area contributed by atoms with Gasteiger partial charge in [0.05, 0.1) is 35.7 Å². The predicted molar refractivity (Wildman–Crippen MR) is 206 cm³/mol. The zero-order chi connectivity index (χ0) is 36.4. The second kappa shape index (κ2) is 19.6. The van der Waals surface area contributed by atoms with Crippen LogP contribution >= 0.6 is 0 Å². The summed E-state index contributed by atoms with van der Waals surface area (Å²) in [5.41, 5.74) is 3.93. The van der Waals surface area contributed by atoms with Crippen LogP contribution in [-0.2, 0) is 0 Å². The molecule has 0 aromatic heterocycles. The summed E-state index contributed by atoms with van der Waals surface area (Å²) in [4.78, 5) is 34.7. The molecule has 0 aliphatic carbocycles. The average Bonchev–Trinajstić information content (AvgIpc) is 3.18. The molecule has 0 fully saturated rings. The van der Waals surface area contributed by atoms with Crippen molar-refractivity contribution >= 4 is 35.7 Å². The normalized spacial score (nSPS) is 10.9. The highest BCUT2D eigenvalue weighted by molar-refractivity contribution is 5.93. The number of allylic oxidation sites excluding steroid dienone is 2. The quantitative estimate of drug-likeness (QED) is 0.0298. The first-order chi connectivity index (χ1) is 25.5. The van der Waals surface area contributed by atoms with Crippen LogP contribution in [0.2, 0.25) is 0 Å². The summed E-state index contributed by atoms with van der Waals surface area (Å²) in [5.74, 6) is 0.985. The van der Waals surface area contributed by atoms with Gasteiger partial charge in [0.1, 0.15) is 23.0 Å². The fourth-order valence-corrected chi connectivity index (χ4v) is 4.73. The third-order valence-corrected chi connectivity index (χ3v) is 7.56. The zero-order valence-electron chi connectivity index (χ0n) is 28.9. The van der Waals surface area contributed by atoms with Crippen LogP contribution in [0.1, 0.15) is 57.5 Å². The first kappa shape index (κ1) is 36.7. The third kappa shape index (κ3) is 11.8. The van der Waals surface area contributed by atoms with Gasteiger partial charge in [-0.25, -0.2) is 9.59 Å². The molecular weight excluding hydrogens is 652 g/mol. The standard InChI is InChI=1S/C44H40N2O6/c1-3-5-7-28-49-39-24-20-37(21-25-39)45-31-33-12-16-35(17-13-33)43(47)51-41-10-9-11-42(30-41)52-44(48)36-18-14-34(15-19-36)32-46-38-22-26-40(27-23-38)50-29-8-6-4-2/h3-4,9-27,30-32H,1-2,5-8,28-29H2. The molecule has 8 nitrogen and oxygen atoms in total. The van der Waals surface area contributed by atoms with Crippen LogP contribution in [-0.4, -0.2) is 37.6 Å². The Morgan fingerprint density at radius 3 is 1.31 bits per heavy atom. The minimum Gasteiger partial charge on any atom is -0.494 e. The van der Waals surface area contributed by atoms with Gasteiger partial charge in [0, 0.05) is 18.5 Å². The van der Waals surface area contributed by atoms with Crippen molar-refractivity contribution in [2.45, 2.75) is 25.7 Å². The molecule has 0 unspecified atom stereocenters. The molecule has 8 heteroatoms. The maximum atomic E-state index is 12.9. The van der Waals surface area contributed by atoms with E-state index in [-0.39, 0.29) is 11.5 Å². The number of carbonyl (C=O) groups excluding carboxylic acids is 2. The molecule has 0 N–H and O–H groups in total. The molecule has 0 heterocycles. The summed E-state index contributed by atoms with van der Waals surface area (Å²) in [6.07, 6.45) is 10.9. The highest BCUT2D eigenvalue weighted by Gasteiger charge is 2.12. The number of carbonyl (C=O) groups is 2. The molecule has 0 aliphatic heterocycles. The fourth-order valence-electron chi connectivity index (χ4n) is 4.73. The molecule has 262 valence electrons. The Bertz CT molecular complexity index is 1840. The summed E-state index contributed by atoms with van der Waals surface area (Å²) in [5, 5.41) is 0. The van der Waals surface area contributed by atoms with E-state index in [1.54, 1.807) is 79.2 Å². The van der Waals surface area contributed by atoms with Crippen LogP contribution in [0.5, 0.6) is 23.0 Å². The molecule has 0 radical (unpaired) electrons. The van der Waals surface area contributed by atoms with Gasteiger partial charge in [0.15, 0.2) is 0 Å². The van der Waals surface area contributed by atoms with Crippen LogP contribution in [0.4, 0.5) is 11.4 Å². The molecule has 0 amide bonds. The number of benzene rings is 5. The van der Waals surface area contributed by atoms with Gasteiger partial charge in [-0.1, -0.05) is 42.5 Å². The Labute approximate surface area is 304 Å². The number of nitrogens with zero attached hydrogens (tertiary/aromatic N) is 2. The number of hydrogen-bond donors (Lipinski definition) is 0. The number of ether oxygens (including phenoxy) is 4. The summed E-state index contributed by atoms with van der Waals surface area (Å²) in [7, 11) is 0. The van der Waals surface area contributed by atoms with E-state index in [1.807, 2.05) is 60.7 Å². The second-order valence-corrected chi connectivity index (χ2v) is 11.6. The maximum absolute atomic E-state index is 12.9. The Morgan fingerprint density at radius 1 is 0.519 bits per heavy atom. The van der Waals surface area contributed by atoms with Crippen LogP contribution < -0.4 is 18.9 Å². The van der Waals surface area contributed by atoms with Crippen molar-refractivity contribution in [3.8, 4) is 23.0 Å². The van der Waals surface area contributed by atoms with Crippen molar-refractivity contribution in [3.63, 3.8) is 0 Å². The first-order valence-corrected chi connectivity index (χ1v) is 17.0. The lowest BCUT2D eigenvalue weighted by atomic mass is 10.1. The van der Waals surface area contributed by atoms with Crippen molar-refractivity contribution in [2.75, 3.05) is 13.2 Å². The van der Waals surface area contributed by atoms with Gasteiger partial charge in [-0.3, -0.25) is 9.98 Å². The van der Waals surface area contributed by atoms with Crippen molar-refractivity contribution in [1.29, 1.82) is 0 Å². The summed E-state index contributed by atoms with van der Waals surface area (Å²) in [6, 6.07) is 35.3. The van der Waals surface area contributed by atoms with Crippen molar-refractivity contribution in [3.05, 3.63) is 169 Å². The zero-order valence-corrected chi connectivity index (χ0v) is 28.9. The molecule has 5 rings (SSSR count). The van der Waals surface area contributed by atoms with Crippen LogP contribution in [0.15, 0.2) is 157 Å². The highest BCUT2D eigenvalue weighted by atomic mass is 16.5. The fraction of sp³-hybridized carbons (Fsp3) is 0.136. The maximum Gasteiger partial charge on any atom is 0.343 e. The third-order valence-electron chi connectivity index (χ3n) is 7.56. The number of rotatable bonds is 18. The Balaban J connectivity index is 1.09. The lowest BCUT2D eigenvalue weighted by molar-refractivity contribution is 0.0733. The smallest absolute Gasteiger partial charge is 0.343 e. The van der Waals surface area contributed by atoms with E-state index < -0.39 is 11.9 Å². The SMILES string of the molecule is C=CCCCOc1ccc(N=Cc2ccc(C(=O)Oc3cccc(OC(=O)c4ccc(C=Nc5ccc(OCCCC=C)cc5)cc4)c3)cc2)cc1. The monoisotopic (exact) mass is 692 g/mol. The molecule has 0 saturated carbocycles. The Hall–Kier alpha value is -6.54. The minimum atomic E-state index is -0.545. The molecule has 0 spiro atoms. The topological polar surface area (TPSA) is 95.8 Å². The predicted octanol–water partition coefficient (Wildman–Crippen LogP) is 10.3. The van der Waals surface area contributed by atoms with Crippen molar-refractivity contribution < 1.29 is 28.5 Å². The van der Waals surface area contributed by atoms with Gasteiger partial charge in [-0.15, -0.1) is 13.2 Å². The van der Waals surface area contributed by atoms with E-state index in [0.717, 1.165) is 59.7 Å². The van der Waals surface area contributed by atoms with Crippen molar-refractivity contribution in [2.24, 2.45) is 9.98 Å². The molecule has 0 saturated heterocycles. The number of hydrogen-bond acceptors (Lipinski definition) is 8. The minimum absolute atomic E-state index is 0.243. The summed E-state index contributed by atoms with van der Waals surface area (Å²) in [6.45, 7) is 8.71. The first-order valence-electron chi connectivity index (χ1n) is 17.0. The molecule has 0 aliphatic rings. The van der Waals surface area contributed by atoms with Crippen molar-refractivity contribution in [1.82, 2.24) is 0 Å². The van der Waals surface area contributed by atoms with Crippen LogP contribution in [0, 0.1) is 0 Å². The van der Waals surface area contributed by atoms with E-state index in [9.17, 15) is 9.59 Å². The Morgan fingerprint density at radius 2 is 0.923 bits per heavy atom. The molecule has 0 atom stereocenters. The molecule has 52 heavy (non-hydrogen) atoms. The lowest BCUT2D eigenvalue weighted by Gasteiger charge is -2.08. The van der Waals surface area contributed by atoms with Gasteiger partial charge >= 0.3 is 11.9 Å². The largest absolute Gasteiger partial charge is 0.494 e. The summed E-state index contributed by atoms with van der Waals surface area (Å²) < 4.78 is 22.5. The summed E-state index contributed by atoms with van der Waals surface area (Å²) >= 11 is 0. The van der Waals surface area contributed by atoms with E-state index in [1.165, 1.54) is 6.07 Å². The Kier molecular flexibility index (Phi) is 13.8. The van der Waals surface area contributed by atoms with Gasteiger partial charge in [-0.05, 0) is 122 Å². The van der Waals surface area contributed by atoms with Crippen LogP contribution in [0.25, 0.3) is 0 Å². The van der Waals surface area contributed by atoms with Gasteiger partial charge in [-0.2, -0.15) is 0 Å². The van der Waals surface area contributed by atoms with E-state index in [4.69, 9.17) is 18.9 Å². The van der Waals surface area contributed by atoms with Gasteiger partial charge in [0.25, 0.3) is 0 Å². The molecule has 0 bridgehead atoms. The van der Waals surface area contributed by atoms with E-state index in [0.29, 0.717) is 24.3 Å². The number of aliphatic imine (C=N–C) groups is 2. The lowest BCUT2D eigenvalue weighted by Crippen LogP contribution is -2.10. The van der Waals surface area contributed by atoms with E-state index >= 15 is 0 Å². The molecular formula is C44H40N2O6. The van der Waals surface area contributed by atoms with E-state index in [2.05, 4.69) is 23.1 Å². The van der Waals surface area contributed by atoms with Gasteiger partial charge < -0.3 is 18.9 Å². The van der Waals surface area contributed by atoms with Gasteiger partial charge in [0.2, 0.25) is 0 Å². The second-order valence-electron chi connectivity index (χ2n) is 11.6. The highest BCUT2D eigenvalue weighted by Crippen LogP contribution is 2.23. The van der Waals surface area contributed by atoms with Crippen LogP contribution in [0.3, 0.4) is 0 Å². The average molecular weight is 693 g/mol.